The molecular formula is C15H17ClN2. The Balaban J connectivity index is 2.25. The molecule has 0 unspecified atom stereocenters. The maximum absolute atomic E-state index is 5.81. The summed E-state index contributed by atoms with van der Waals surface area (Å²) < 4.78 is 0. The molecule has 0 radical (unpaired) electrons. The van der Waals surface area contributed by atoms with E-state index in [1.54, 1.807) is 0 Å². The lowest BCUT2D eigenvalue weighted by Crippen LogP contribution is -2.11. The number of pyridine rings is 1. The number of rotatable bonds is 4. The van der Waals surface area contributed by atoms with Gasteiger partial charge in [0.15, 0.2) is 0 Å². The third-order valence-electron chi connectivity index (χ3n) is 3.00. The highest BCUT2D eigenvalue weighted by Crippen LogP contribution is 2.22. The molecule has 0 atom stereocenters. The highest BCUT2D eigenvalue weighted by Gasteiger charge is 2.05. The Morgan fingerprint density at radius 1 is 1.11 bits per heavy atom. The highest BCUT2D eigenvalue weighted by molar-refractivity contribution is 6.16. The average Bonchev–Trinajstić information content (AvgIpc) is 2.46. The maximum atomic E-state index is 5.81. The molecule has 0 saturated heterocycles. The van der Waals surface area contributed by atoms with Crippen LogP contribution in [0, 0.1) is 0 Å². The zero-order valence-corrected chi connectivity index (χ0v) is 11.5. The van der Waals surface area contributed by atoms with Crippen LogP contribution in [0.5, 0.6) is 0 Å². The first-order valence-electron chi connectivity index (χ1n) is 6.09. The van der Waals surface area contributed by atoms with Gasteiger partial charge in [0.1, 0.15) is 5.82 Å². The van der Waals surface area contributed by atoms with Crippen molar-refractivity contribution < 1.29 is 0 Å². The van der Waals surface area contributed by atoms with Gasteiger partial charge in [0, 0.05) is 12.7 Å². The number of aryl methyl sites for hydroxylation is 1. The van der Waals surface area contributed by atoms with Crippen molar-refractivity contribution >= 4 is 23.1 Å². The number of nitrogens with zero attached hydrogens (tertiary/aromatic N) is 2. The van der Waals surface area contributed by atoms with Gasteiger partial charge in [0.2, 0.25) is 0 Å². The molecule has 0 spiro atoms. The summed E-state index contributed by atoms with van der Waals surface area (Å²) in [5.41, 5.74) is 3.37. The molecule has 2 nitrogen and oxygen atoms in total. The van der Waals surface area contributed by atoms with Crippen LogP contribution in [0.25, 0.3) is 0 Å². The van der Waals surface area contributed by atoms with Crippen LogP contribution in [0.4, 0.5) is 11.5 Å². The van der Waals surface area contributed by atoms with E-state index in [9.17, 15) is 0 Å². The molecule has 0 N–H and O–H groups in total. The summed E-state index contributed by atoms with van der Waals surface area (Å²) in [7, 11) is 2.02. The summed E-state index contributed by atoms with van der Waals surface area (Å²) in [4.78, 5) is 6.57. The fraction of sp³-hybridized carbons (Fsp3) is 0.267. The van der Waals surface area contributed by atoms with Crippen LogP contribution in [0.1, 0.15) is 18.2 Å². The maximum Gasteiger partial charge on any atom is 0.133 e. The van der Waals surface area contributed by atoms with Gasteiger partial charge < -0.3 is 4.90 Å². The van der Waals surface area contributed by atoms with E-state index in [4.69, 9.17) is 11.6 Å². The van der Waals surface area contributed by atoms with Gasteiger partial charge in [-0.3, -0.25) is 0 Å². The molecule has 0 aliphatic rings. The van der Waals surface area contributed by atoms with E-state index in [2.05, 4.69) is 41.1 Å². The summed E-state index contributed by atoms with van der Waals surface area (Å²) >= 11 is 5.81. The lowest BCUT2D eigenvalue weighted by Gasteiger charge is -2.19. The minimum Gasteiger partial charge on any atom is -0.329 e. The number of anilines is 2. The van der Waals surface area contributed by atoms with E-state index in [1.807, 2.05) is 25.2 Å². The smallest absolute Gasteiger partial charge is 0.133 e. The van der Waals surface area contributed by atoms with Crippen molar-refractivity contribution in [2.75, 3.05) is 11.9 Å². The summed E-state index contributed by atoms with van der Waals surface area (Å²) in [6.07, 6.45) is 1.06. The molecule has 1 heterocycles. The van der Waals surface area contributed by atoms with Crippen LogP contribution in [0.15, 0.2) is 42.5 Å². The second-order valence-electron chi connectivity index (χ2n) is 4.20. The lowest BCUT2D eigenvalue weighted by atomic mass is 10.1. The quantitative estimate of drug-likeness (QED) is 0.768. The lowest BCUT2D eigenvalue weighted by molar-refractivity contribution is 1.07. The molecule has 0 aliphatic heterocycles. The Morgan fingerprint density at radius 2 is 1.83 bits per heavy atom. The second kappa shape index (κ2) is 5.87. The normalized spacial score (nSPS) is 10.4. The molecule has 2 aromatic rings. The molecule has 1 aromatic heterocycles. The monoisotopic (exact) mass is 260 g/mol. The molecule has 18 heavy (non-hydrogen) atoms. The largest absolute Gasteiger partial charge is 0.329 e. The van der Waals surface area contributed by atoms with E-state index in [0.29, 0.717) is 5.88 Å². The van der Waals surface area contributed by atoms with Crippen LogP contribution in [-0.2, 0) is 12.3 Å². The number of hydrogen-bond acceptors (Lipinski definition) is 2. The summed E-state index contributed by atoms with van der Waals surface area (Å²) in [5.74, 6) is 1.36. The van der Waals surface area contributed by atoms with Gasteiger partial charge in [-0.2, -0.15) is 0 Å². The minimum absolute atomic E-state index is 0.441. The van der Waals surface area contributed by atoms with E-state index in [-0.39, 0.29) is 0 Å². The van der Waals surface area contributed by atoms with Crippen LogP contribution in [0.2, 0.25) is 0 Å². The molecule has 0 bridgehead atoms. The topological polar surface area (TPSA) is 16.1 Å². The fourth-order valence-electron chi connectivity index (χ4n) is 1.82. The first-order valence-corrected chi connectivity index (χ1v) is 6.62. The van der Waals surface area contributed by atoms with Gasteiger partial charge in [-0.15, -0.1) is 11.6 Å². The van der Waals surface area contributed by atoms with Gasteiger partial charge in [-0.05, 0) is 36.2 Å². The van der Waals surface area contributed by atoms with Gasteiger partial charge in [-0.1, -0.05) is 25.1 Å². The second-order valence-corrected chi connectivity index (χ2v) is 4.47. The van der Waals surface area contributed by atoms with Crippen LogP contribution in [-0.4, -0.2) is 12.0 Å². The van der Waals surface area contributed by atoms with Crippen molar-refractivity contribution in [1.29, 1.82) is 0 Å². The zero-order valence-electron chi connectivity index (χ0n) is 10.7. The Labute approximate surface area is 113 Å². The Kier molecular flexibility index (Phi) is 4.21. The van der Waals surface area contributed by atoms with E-state index < -0.39 is 0 Å². The number of benzene rings is 1. The fourth-order valence-corrected chi connectivity index (χ4v) is 1.96. The van der Waals surface area contributed by atoms with Crippen molar-refractivity contribution in [2.45, 2.75) is 19.2 Å². The molecule has 2 rings (SSSR count). The SMILES string of the molecule is CCc1ccc(N(C)c2cccc(CCl)n2)cc1. The molecule has 0 fully saturated rings. The van der Waals surface area contributed by atoms with E-state index in [0.717, 1.165) is 23.6 Å². The Morgan fingerprint density at radius 3 is 2.44 bits per heavy atom. The standard InChI is InChI=1S/C15H17ClN2/c1-3-12-7-9-14(10-8-12)18(2)15-6-4-5-13(11-16)17-15/h4-10H,3,11H2,1-2H3. The summed E-state index contributed by atoms with van der Waals surface area (Å²) in [6, 6.07) is 14.4. The third-order valence-corrected chi connectivity index (χ3v) is 3.28. The van der Waals surface area contributed by atoms with Gasteiger partial charge >= 0.3 is 0 Å². The van der Waals surface area contributed by atoms with E-state index in [1.165, 1.54) is 5.56 Å². The van der Waals surface area contributed by atoms with Crippen molar-refractivity contribution in [3.63, 3.8) is 0 Å². The predicted molar refractivity (Wildman–Crippen MR) is 77.7 cm³/mol. The zero-order chi connectivity index (χ0) is 13.0. The van der Waals surface area contributed by atoms with Crippen molar-refractivity contribution in [1.82, 2.24) is 4.98 Å². The van der Waals surface area contributed by atoms with Crippen molar-refractivity contribution in [3.8, 4) is 0 Å². The van der Waals surface area contributed by atoms with Crippen LogP contribution < -0.4 is 4.90 Å². The van der Waals surface area contributed by atoms with E-state index >= 15 is 0 Å². The number of alkyl halides is 1. The summed E-state index contributed by atoms with van der Waals surface area (Å²) in [6.45, 7) is 2.16. The Bertz CT molecular complexity index is 508. The summed E-state index contributed by atoms with van der Waals surface area (Å²) in [5, 5.41) is 0. The minimum atomic E-state index is 0.441. The highest BCUT2D eigenvalue weighted by atomic mass is 35.5. The molecule has 94 valence electrons. The first-order chi connectivity index (χ1) is 8.74. The Hall–Kier alpha value is -1.54. The first kappa shape index (κ1) is 12.9. The predicted octanol–water partition coefficient (Wildman–Crippen LogP) is 4.15. The van der Waals surface area contributed by atoms with Crippen molar-refractivity contribution in [2.24, 2.45) is 0 Å². The van der Waals surface area contributed by atoms with Gasteiger partial charge in [0.05, 0.1) is 11.6 Å². The molecule has 0 aliphatic carbocycles. The van der Waals surface area contributed by atoms with Crippen LogP contribution >= 0.6 is 11.6 Å². The molecule has 1 aromatic carbocycles. The number of halogens is 1. The van der Waals surface area contributed by atoms with Gasteiger partial charge in [-0.25, -0.2) is 4.98 Å². The third kappa shape index (κ3) is 2.82. The molecular weight excluding hydrogens is 244 g/mol. The average molecular weight is 261 g/mol. The molecule has 0 amide bonds. The van der Waals surface area contributed by atoms with Gasteiger partial charge in [0.25, 0.3) is 0 Å². The molecule has 3 heteroatoms. The number of hydrogen-bond donors (Lipinski definition) is 0. The van der Waals surface area contributed by atoms with Crippen molar-refractivity contribution in [3.05, 3.63) is 53.7 Å². The van der Waals surface area contributed by atoms with Crippen LogP contribution in [0.3, 0.4) is 0 Å². The molecule has 0 saturated carbocycles. The number of aromatic nitrogens is 1.